The highest BCUT2D eigenvalue weighted by Gasteiger charge is 2.31. The summed E-state index contributed by atoms with van der Waals surface area (Å²) >= 11 is 0. The van der Waals surface area contributed by atoms with Gasteiger partial charge < -0.3 is 14.7 Å². The van der Waals surface area contributed by atoms with Crippen molar-refractivity contribution in [2.75, 3.05) is 31.1 Å². The zero-order chi connectivity index (χ0) is 29.1. The highest BCUT2D eigenvalue weighted by molar-refractivity contribution is 7.91. The SMILES string of the molecule is CC(C)Oc1cc(CN2CCN(c3ccc(C(=O)NS(=O)(=O)C(C)(C)C)cc3)CC2)cc(-c2cncc(O)c2)c1. The Bertz CT molecular complexity index is 1440. The molecule has 1 fully saturated rings. The van der Waals surface area contributed by atoms with Crippen LogP contribution in [0.3, 0.4) is 0 Å². The maximum absolute atomic E-state index is 12.5. The van der Waals surface area contributed by atoms with Crippen molar-refractivity contribution >= 4 is 21.6 Å². The van der Waals surface area contributed by atoms with Gasteiger partial charge in [0.25, 0.3) is 5.91 Å². The molecule has 0 aliphatic carbocycles. The Morgan fingerprint density at radius 3 is 2.27 bits per heavy atom. The maximum Gasteiger partial charge on any atom is 0.264 e. The van der Waals surface area contributed by atoms with Crippen molar-refractivity contribution in [3.63, 3.8) is 0 Å². The molecule has 10 heteroatoms. The summed E-state index contributed by atoms with van der Waals surface area (Å²) in [5.74, 6) is 0.272. The molecule has 3 aromatic rings. The molecule has 4 rings (SSSR count). The largest absolute Gasteiger partial charge is 0.506 e. The molecular formula is C30H38N4O5S. The number of carbonyl (C=O) groups excluding carboxylic acids is 1. The third kappa shape index (κ3) is 7.31. The van der Waals surface area contributed by atoms with Crippen LogP contribution in [0.25, 0.3) is 11.1 Å². The molecule has 0 radical (unpaired) electrons. The molecule has 214 valence electrons. The van der Waals surface area contributed by atoms with E-state index in [0.29, 0.717) is 5.56 Å². The average molecular weight is 567 g/mol. The number of aromatic nitrogens is 1. The van der Waals surface area contributed by atoms with Crippen LogP contribution in [0.4, 0.5) is 5.69 Å². The lowest BCUT2D eigenvalue weighted by atomic mass is 10.0. The molecule has 0 saturated carbocycles. The molecule has 9 nitrogen and oxygen atoms in total. The van der Waals surface area contributed by atoms with Crippen molar-refractivity contribution in [3.05, 3.63) is 72.1 Å². The summed E-state index contributed by atoms with van der Waals surface area (Å²) in [4.78, 5) is 21.2. The van der Waals surface area contributed by atoms with Crippen LogP contribution in [-0.4, -0.2) is 66.3 Å². The van der Waals surface area contributed by atoms with Gasteiger partial charge >= 0.3 is 0 Å². The summed E-state index contributed by atoms with van der Waals surface area (Å²) in [6.45, 7) is 12.7. The van der Waals surface area contributed by atoms with Crippen molar-refractivity contribution in [1.82, 2.24) is 14.6 Å². The second-order valence-corrected chi connectivity index (χ2v) is 13.8. The summed E-state index contributed by atoms with van der Waals surface area (Å²) in [7, 11) is -3.77. The lowest BCUT2D eigenvalue weighted by molar-refractivity contribution is 0.0980. The summed E-state index contributed by atoms with van der Waals surface area (Å²) in [6.07, 6.45) is 3.18. The van der Waals surface area contributed by atoms with Crippen LogP contribution in [0.15, 0.2) is 60.9 Å². The number of sulfonamides is 1. The molecule has 0 atom stereocenters. The molecule has 0 bridgehead atoms. The van der Waals surface area contributed by atoms with Crippen LogP contribution >= 0.6 is 0 Å². The third-order valence-electron chi connectivity index (χ3n) is 6.70. The van der Waals surface area contributed by atoms with Gasteiger partial charge in [0.05, 0.1) is 17.0 Å². The van der Waals surface area contributed by atoms with Gasteiger partial charge in [0.2, 0.25) is 10.0 Å². The molecule has 2 aromatic carbocycles. The van der Waals surface area contributed by atoms with Crippen LogP contribution in [0, 0.1) is 0 Å². The number of nitrogens with one attached hydrogen (secondary N) is 1. The van der Waals surface area contributed by atoms with E-state index in [1.807, 2.05) is 32.0 Å². The fourth-order valence-corrected chi connectivity index (χ4v) is 5.09. The monoisotopic (exact) mass is 566 g/mol. The molecule has 0 unspecified atom stereocenters. The van der Waals surface area contributed by atoms with E-state index in [-0.39, 0.29) is 11.9 Å². The van der Waals surface area contributed by atoms with Crippen molar-refractivity contribution in [1.29, 1.82) is 0 Å². The van der Waals surface area contributed by atoms with Gasteiger partial charge in [0.15, 0.2) is 0 Å². The Hall–Kier alpha value is -3.63. The Kier molecular flexibility index (Phi) is 8.70. The number of hydrogen-bond acceptors (Lipinski definition) is 8. The number of amides is 1. The Balaban J connectivity index is 1.40. The first-order chi connectivity index (χ1) is 18.8. The molecule has 1 aliphatic heterocycles. The van der Waals surface area contributed by atoms with Crippen LogP contribution in [0.1, 0.15) is 50.5 Å². The Labute approximate surface area is 236 Å². The lowest BCUT2D eigenvalue weighted by Gasteiger charge is -2.36. The standard InChI is InChI=1S/C30H38N4O5S/c1-21(2)39-28-15-22(14-24(17-28)25-16-27(35)19-31-18-25)20-33-10-12-34(13-11-33)26-8-6-23(7-9-26)29(36)32-40(37,38)30(3,4)5/h6-9,14-19,21,35H,10-13,20H2,1-5H3,(H,32,36). The molecule has 1 aromatic heterocycles. The molecule has 1 aliphatic rings. The lowest BCUT2D eigenvalue weighted by Crippen LogP contribution is -2.46. The van der Waals surface area contributed by atoms with Crippen molar-refractivity contribution in [2.45, 2.75) is 52.0 Å². The van der Waals surface area contributed by atoms with E-state index >= 15 is 0 Å². The van der Waals surface area contributed by atoms with Gasteiger partial charge in [0, 0.05) is 55.7 Å². The molecule has 2 N–H and O–H groups in total. The minimum atomic E-state index is -3.77. The van der Waals surface area contributed by atoms with E-state index in [9.17, 15) is 18.3 Å². The quantitative estimate of drug-likeness (QED) is 0.412. The van der Waals surface area contributed by atoms with Gasteiger partial charge in [-0.1, -0.05) is 0 Å². The highest BCUT2D eigenvalue weighted by Crippen LogP contribution is 2.29. The molecule has 40 heavy (non-hydrogen) atoms. The normalized spacial score (nSPS) is 14.8. The minimum Gasteiger partial charge on any atom is -0.506 e. The van der Waals surface area contributed by atoms with E-state index in [4.69, 9.17) is 4.74 Å². The minimum absolute atomic E-state index is 0.0364. The molecule has 2 heterocycles. The number of rotatable bonds is 8. The fourth-order valence-electron chi connectivity index (χ4n) is 4.42. The van der Waals surface area contributed by atoms with Crippen molar-refractivity contribution < 1.29 is 23.1 Å². The number of piperazine rings is 1. The number of pyridine rings is 1. The summed E-state index contributed by atoms with van der Waals surface area (Å²) in [5.41, 5.74) is 4.17. The van der Waals surface area contributed by atoms with Gasteiger partial charge in [-0.15, -0.1) is 0 Å². The second-order valence-electron chi connectivity index (χ2n) is 11.3. The predicted octanol–water partition coefficient (Wildman–Crippen LogP) is 4.42. The van der Waals surface area contributed by atoms with E-state index in [0.717, 1.165) is 60.9 Å². The number of benzene rings is 2. The van der Waals surface area contributed by atoms with Gasteiger partial charge in [-0.3, -0.25) is 14.7 Å². The Morgan fingerprint density at radius 1 is 1.00 bits per heavy atom. The molecule has 0 spiro atoms. The highest BCUT2D eigenvalue weighted by atomic mass is 32.2. The van der Waals surface area contributed by atoms with Crippen LogP contribution < -0.4 is 14.4 Å². The van der Waals surface area contributed by atoms with Crippen LogP contribution in [0.2, 0.25) is 0 Å². The van der Waals surface area contributed by atoms with Gasteiger partial charge in [-0.05, 0) is 94.3 Å². The smallest absolute Gasteiger partial charge is 0.264 e. The first-order valence-corrected chi connectivity index (χ1v) is 14.9. The number of nitrogens with zero attached hydrogens (tertiary/aromatic N) is 3. The van der Waals surface area contributed by atoms with Crippen LogP contribution in [0.5, 0.6) is 11.5 Å². The summed E-state index contributed by atoms with van der Waals surface area (Å²) < 4.78 is 31.7. The number of carbonyl (C=O) groups is 1. The van der Waals surface area contributed by atoms with Gasteiger partial charge in [-0.2, -0.15) is 0 Å². The molecular weight excluding hydrogens is 528 g/mol. The van der Waals surface area contributed by atoms with Gasteiger partial charge in [0.1, 0.15) is 11.5 Å². The molecule has 1 saturated heterocycles. The first-order valence-electron chi connectivity index (χ1n) is 13.4. The van der Waals surface area contributed by atoms with Crippen molar-refractivity contribution in [2.24, 2.45) is 0 Å². The number of anilines is 1. The van der Waals surface area contributed by atoms with Crippen molar-refractivity contribution in [3.8, 4) is 22.6 Å². The number of ether oxygens (including phenoxy) is 1. The third-order valence-corrected chi connectivity index (χ3v) is 8.77. The summed E-state index contributed by atoms with van der Waals surface area (Å²) in [6, 6.07) is 14.9. The Morgan fingerprint density at radius 2 is 1.68 bits per heavy atom. The predicted molar refractivity (Wildman–Crippen MR) is 157 cm³/mol. The summed E-state index contributed by atoms with van der Waals surface area (Å²) in [5, 5.41) is 9.90. The number of hydrogen-bond donors (Lipinski definition) is 2. The first kappa shape index (κ1) is 29.4. The van der Waals surface area contributed by atoms with E-state index in [2.05, 4.69) is 31.6 Å². The topological polar surface area (TPSA) is 112 Å². The fraction of sp³-hybridized carbons (Fsp3) is 0.400. The van der Waals surface area contributed by atoms with E-state index in [1.165, 1.54) is 6.20 Å². The molecule has 1 amide bonds. The van der Waals surface area contributed by atoms with Crippen LogP contribution in [-0.2, 0) is 16.6 Å². The second kappa shape index (κ2) is 11.9. The zero-order valence-electron chi connectivity index (χ0n) is 23.7. The van der Waals surface area contributed by atoms with E-state index in [1.54, 1.807) is 45.2 Å². The number of aromatic hydroxyl groups is 1. The van der Waals surface area contributed by atoms with E-state index < -0.39 is 20.7 Å². The average Bonchev–Trinajstić information content (AvgIpc) is 2.88. The van der Waals surface area contributed by atoms with Gasteiger partial charge in [-0.25, -0.2) is 13.1 Å². The maximum atomic E-state index is 12.5. The zero-order valence-corrected chi connectivity index (χ0v) is 24.5.